The highest BCUT2D eigenvalue weighted by molar-refractivity contribution is 5.84. The number of aliphatic carboxylic acids is 1. The van der Waals surface area contributed by atoms with Crippen molar-refractivity contribution in [2.75, 3.05) is 19.8 Å². The molecule has 1 unspecified atom stereocenters. The highest BCUT2D eigenvalue weighted by Crippen LogP contribution is 2.44. The van der Waals surface area contributed by atoms with Crippen LogP contribution in [0.2, 0.25) is 0 Å². The number of carbonyl (C=O) groups excluding carboxylic acids is 1. The van der Waals surface area contributed by atoms with Gasteiger partial charge in [-0.05, 0) is 55.7 Å². The number of benzene rings is 1. The lowest BCUT2D eigenvalue weighted by Gasteiger charge is -2.41. The van der Waals surface area contributed by atoms with Crippen LogP contribution in [0.4, 0.5) is 4.39 Å². The number of ether oxygens (including phenoxy) is 1. The second-order valence-corrected chi connectivity index (χ2v) is 7.55. The van der Waals surface area contributed by atoms with Crippen LogP contribution in [-0.4, -0.2) is 36.7 Å². The Bertz CT molecular complexity index is 653. The number of halogens is 1. The van der Waals surface area contributed by atoms with Crippen LogP contribution in [0.15, 0.2) is 24.3 Å². The van der Waals surface area contributed by atoms with E-state index in [9.17, 15) is 19.1 Å². The van der Waals surface area contributed by atoms with Gasteiger partial charge in [0, 0.05) is 19.8 Å². The van der Waals surface area contributed by atoms with Gasteiger partial charge in [0.1, 0.15) is 5.82 Å². The van der Waals surface area contributed by atoms with Crippen LogP contribution < -0.4 is 5.32 Å². The van der Waals surface area contributed by atoms with E-state index in [1.54, 1.807) is 6.07 Å². The van der Waals surface area contributed by atoms with Crippen LogP contribution in [0.3, 0.4) is 0 Å². The maximum absolute atomic E-state index is 13.4. The fourth-order valence-electron chi connectivity index (χ4n) is 4.09. The van der Waals surface area contributed by atoms with Gasteiger partial charge < -0.3 is 15.2 Å². The molecule has 142 valence electrons. The Morgan fingerprint density at radius 2 is 2.04 bits per heavy atom. The van der Waals surface area contributed by atoms with Crippen molar-refractivity contribution in [2.45, 2.75) is 38.5 Å². The number of nitrogens with one attached hydrogen (secondary N) is 1. The van der Waals surface area contributed by atoms with Gasteiger partial charge in [0.25, 0.3) is 0 Å². The molecule has 5 nitrogen and oxygen atoms in total. The predicted octanol–water partition coefficient (Wildman–Crippen LogP) is 2.78. The minimum Gasteiger partial charge on any atom is -0.481 e. The van der Waals surface area contributed by atoms with Crippen molar-refractivity contribution in [1.29, 1.82) is 0 Å². The summed E-state index contributed by atoms with van der Waals surface area (Å²) in [5.74, 6) is -1.84. The van der Waals surface area contributed by atoms with Gasteiger partial charge in [-0.25, -0.2) is 4.39 Å². The lowest BCUT2D eigenvalue weighted by Crippen LogP contribution is -2.49. The first-order valence-electron chi connectivity index (χ1n) is 9.33. The molecule has 0 bridgehead atoms. The van der Waals surface area contributed by atoms with Gasteiger partial charge in [-0.3, -0.25) is 9.59 Å². The summed E-state index contributed by atoms with van der Waals surface area (Å²) in [7, 11) is 0. The Labute approximate surface area is 152 Å². The van der Waals surface area contributed by atoms with E-state index in [2.05, 4.69) is 5.32 Å². The zero-order valence-electron chi connectivity index (χ0n) is 14.9. The zero-order chi connectivity index (χ0) is 18.6. The van der Waals surface area contributed by atoms with Crippen molar-refractivity contribution < 1.29 is 23.8 Å². The Morgan fingerprint density at radius 1 is 1.31 bits per heavy atom. The molecule has 3 rings (SSSR count). The Balaban J connectivity index is 1.62. The lowest BCUT2D eigenvalue weighted by atomic mass is 9.64. The highest BCUT2D eigenvalue weighted by atomic mass is 19.1. The zero-order valence-corrected chi connectivity index (χ0v) is 14.9. The molecule has 2 fully saturated rings. The average molecular weight is 363 g/mol. The quantitative estimate of drug-likeness (QED) is 0.781. The largest absolute Gasteiger partial charge is 0.481 e. The van der Waals surface area contributed by atoms with E-state index >= 15 is 0 Å². The van der Waals surface area contributed by atoms with Gasteiger partial charge in [-0.15, -0.1) is 0 Å². The number of carbonyl (C=O) groups is 2. The minimum atomic E-state index is -0.870. The summed E-state index contributed by atoms with van der Waals surface area (Å²) in [6.07, 6.45) is 4.38. The maximum Gasteiger partial charge on any atom is 0.308 e. The van der Waals surface area contributed by atoms with Gasteiger partial charge in [0.15, 0.2) is 0 Å². The Morgan fingerprint density at radius 3 is 2.62 bits per heavy atom. The summed E-state index contributed by atoms with van der Waals surface area (Å²) in [6.45, 7) is 1.29. The molecule has 1 amide bonds. The smallest absolute Gasteiger partial charge is 0.308 e. The van der Waals surface area contributed by atoms with Crippen LogP contribution in [0.5, 0.6) is 0 Å². The van der Waals surface area contributed by atoms with Gasteiger partial charge in [-0.1, -0.05) is 18.6 Å². The molecule has 0 radical (unpaired) electrons. The second kappa shape index (κ2) is 8.16. The summed E-state index contributed by atoms with van der Waals surface area (Å²) < 4.78 is 18.7. The molecule has 0 spiro atoms. The van der Waals surface area contributed by atoms with Crippen molar-refractivity contribution in [2.24, 2.45) is 17.3 Å². The van der Waals surface area contributed by atoms with Crippen LogP contribution in [-0.2, 0) is 20.7 Å². The van der Waals surface area contributed by atoms with Gasteiger partial charge in [0.2, 0.25) is 5.91 Å². The van der Waals surface area contributed by atoms with E-state index in [1.165, 1.54) is 12.1 Å². The van der Waals surface area contributed by atoms with Crippen molar-refractivity contribution in [1.82, 2.24) is 5.32 Å². The minimum absolute atomic E-state index is 0.0297. The van der Waals surface area contributed by atoms with E-state index in [1.807, 2.05) is 6.07 Å². The predicted molar refractivity (Wildman–Crippen MR) is 94.1 cm³/mol. The van der Waals surface area contributed by atoms with Crippen molar-refractivity contribution in [3.05, 3.63) is 35.6 Å². The van der Waals surface area contributed by atoms with Crippen molar-refractivity contribution >= 4 is 11.9 Å². The topological polar surface area (TPSA) is 75.6 Å². The lowest BCUT2D eigenvalue weighted by molar-refractivity contribution is -0.145. The second-order valence-electron chi connectivity index (χ2n) is 7.55. The molecule has 1 aliphatic heterocycles. The molecular weight excluding hydrogens is 337 g/mol. The summed E-state index contributed by atoms with van der Waals surface area (Å²) in [5.41, 5.74) is 0.269. The molecule has 2 N–H and O–H groups in total. The average Bonchev–Trinajstić information content (AvgIpc) is 2.59. The van der Waals surface area contributed by atoms with Crippen LogP contribution in [0.1, 0.15) is 37.7 Å². The van der Waals surface area contributed by atoms with Gasteiger partial charge in [0.05, 0.1) is 11.3 Å². The maximum atomic E-state index is 13.4. The number of hydrogen-bond acceptors (Lipinski definition) is 3. The third-order valence-corrected chi connectivity index (χ3v) is 5.86. The molecule has 0 aromatic heterocycles. The summed E-state index contributed by atoms with van der Waals surface area (Å²) >= 11 is 0. The van der Waals surface area contributed by atoms with Crippen LogP contribution in [0.25, 0.3) is 0 Å². The monoisotopic (exact) mass is 363 g/mol. The Kier molecular flexibility index (Phi) is 5.91. The van der Waals surface area contributed by atoms with E-state index in [-0.39, 0.29) is 24.2 Å². The van der Waals surface area contributed by atoms with Crippen molar-refractivity contribution in [3.63, 3.8) is 0 Å². The molecule has 1 aliphatic carbocycles. The highest BCUT2D eigenvalue weighted by Gasteiger charge is 2.44. The van der Waals surface area contributed by atoms with E-state index < -0.39 is 17.3 Å². The first kappa shape index (κ1) is 18.8. The fourth-order valence-corrected chi connectivity index (χ4v) is 4.09. The number of rotatable bonds is 7. The first-order valence-corrected chi connectivity index (χ1v) is 9.33. The molecule has 26 heavy (non-hydrogen) atoms. The third-order valence-electron chi connectivity index (χ3n) is 5.86. The first-order chi connectivity index (χ1) is 12.5. The van der Waals surface area contributed by atoms with Crippen molar-refractivity contribution in [3.8, 4) is 0 Å². The number of carboxylic acid groups (broad SMARTS) is 1. The normalized spacial score (nSPS) is 20.8. The molecule has 1 saturated carbocycles. The summed E-state index contributed by atoms with van der Waals surface area (Å²) in [5, 5.41) is 12.4. The molecule has 1 atom stereocenters. The standard InChI is InChI=1S/C20H26FNO4/c21-16-4-1-3-14(11-16)12-20(7-2-8-20)19(25)22-13-17(18(23)24)15-5-9-26-10-6-15/h1,3-4,11,15,17H,2,5-10,12-13H2,(H,22,25)(H,23,24). The number of amides is 1. The third kappa shape index (κ3) is 4.23. The molecule has 1 saturated heterocycles. The van der Waals surface area contributed by atoms with Crippen LogP contribution in [0, 0.1) is 23.1 Å². The molecule has 1 heterocycles. The van der Waals surface area contributed by atoms with Crippen LogP contribution >= 0.6 is 0 Å². The molecule has 1 aromatic carbocycles. The Hall–Kier alpha value is -1.95. The fraction of sp³-hybridized carbons (Fsp3) is 0.600. The van der Waals surface area contributed by atoms with Gasteiger partial charge >= 0.3 is 5.97 Å². The van der Waals surface area contributed by atoms with E-state index in [0.717, 1.165) is 24.8 Å². The SMILES string of the molecule is O=C(O)C(CNC(=O)C1(Cc2cccc(F)c2)CCC1)C1CCOCC1. The number of carboxylic acids is 1. The number of hydrogen-bond donors (Lipinski definition) is 2. The molecular formula is C20H26FNO4. The molecule has 6 heteroatoms. The molecule has 1 aromatic rings. The summed E-state index contributed by atoms with van der Waals surface area (Å²) in [6, 6.07) is 6.34. The summed E-state index contributed by atoms with van der Waals surface area (Å²) in [4.78, 5) is 24.5. The van der Waals surface area contributed by atoms with E-state index in [4.69, 9.17) is 4.74 Å². The van der Waals surface area contributed by atoms with Gasteiger partial charge in [-0.2, -0.15) is 0 Å². The molecule has 2 aliphatic rings. The van der Waals surface area contributed by atoms with E-state index in [0.29, 0.717) is 32.5 Å².